The summed E-state index contributed by atoms with van der Waals surface area (Å²) in [6, 6.07) is 2.89. The summed E-state index contributed by atoms with van der Waals surface area (Å²) in [5.74, 6) is -4.44. The van der Waals surface area contributed by atoms with E-state index in [4.69, 9.17) is 17.2 Å². The molecule has 4 unspecified atom stereocenters. The van der Waals surface area contributed by atoms with Gasteiger partial charge in [0, 0.05) is 43.0 Å². The topological polar surface area (TPSA) is 259 Å². The lowest BCUT2D eigenvalue weighted by atomic mass is 10.0. The van der Waals surface area contributed by atoms with Crippen LogP contribution in [0.5, 0.6) is 0 Å². The van der Waals surface area contributed by atoms with Gasteiger partial charge in [0.15, 0.2) is 5.96 Å². The van der Waals surface area contributed by atoms with Crippen molar-refractivity contribution >= 4 is 46.5 Å². The second-order valence-corrected chi connectivity index (χ2v) is 10.2. The minimum atomic E-state index is -1.26. The van der Waals surface area contributed by atoms with Crippen LogP contribution >= 0.6 is 0 Å². The predicted octanol–water partition coefficient (Wildman–Crippen LogP) is -0.999. The minimum absolute atomic E-state index is 0.0180. The number of rotatable bonds is 15. The lowest BCUT2D eigenvalue weighted by Crippen LogP contribution is -2.57. The lowest BCUT2D eigenvalue weighted by molar-refractivity contribution is -0.145. The fourth-order valence-electron chi connectivity index (χ4n) is 4.95. The summed E-state index contributed by atoms with van der Waals surface area (Å²) in [6.45, 7) is 0.439. The van der Waals surface area contributed by atoms with Gasteiger partial charge in [0.25, 0.3) is 0 Å². The van der Waals surface area contributed by atoms with Crippen molar-refractivity contribution in [3.63, 3.8) is 0 Å². The van der Waals surface area contributed by atoms with Crippen LogP contribution in [0.25, 0.3) is 10.9 Å². The van der Waals surface area contributed by atoms with Crippen molar-refractivity contribution < 1.29 is 34.2 Å². The van der Waals surface area contributed by atoms with E-state index in [1.807, 2.05) is 24.3 Å². The minimum Gasteiger partial charge on any atom is -0.481 e. The number of hydrogen-bond donors (Lipinski definition) is 8. The Morgan fingerprint density at radius 3 is 2.50 bits per heavy atom. The van der Waals surface area contributed by atoms with Crippen LogP contribution in [-0.4, -0.2) is 93.0 Å². The van der Waals surface area contributed by atoms with Crippen LogP contribution in [0.2, 0.25) is 0 Å². The van der Waals surface area contributed by atoms with Crippen molar-refractivity contribution in [3.05, 3.63) is 36.0 Å². The fraction of sp³-hybridized carbons (Fsp3) is 0.481. The lowest BCUT2D eigenvalue weighted by Gasteiger charge is -2.30. The van der Waals surface area contributed by atoms with Gasteiger partial charge in [-0.05, 0) is 43.7 Å². The van der Waals surface area contributed by atoms with Crippen molar-refractivity contribution in [1.82, 2.24) is 20.5 Å². The van der Waals surface area contributed by atoms with Crippen LogP contribution in [0, 0.1) is 0 Å². The van der Waals surface area contributed by atoms with Crippen LogP contribution in [0.15, 0.2) is 35.5 Å². The molecule has 3 amide bonds. The Kier molecular flexibility index (Phi) is 11.2. The van der Waals surface area contributed by atoms with Crippen molar-refractivity contribution in [2.75, 3.05) is 13.1 Å². The van der Waals surface area contributed by atoms with Crippen LogP contribution in [0.3, 0.4) is 0 Å². The number of H-pyrrole nitrogens is 1. The second kappa shape index (κ2) is 14.8. The quantitative estimate of drug-likeness (QED) is 0.0717. The monoisotopic (exact) mass is 586 g/mol. The smallest absolute Gasteiger partial charge is 0.326 e. The molecule has 2 aromatic rings. The summed E-state index contributed by atoms with van der Waals surface area (Å²) < 4.78 is 0. The van der Waals surface area contributed by atoms with Gasteiger partial charge in [-0.25, -0.2) is 4.79 Å². The van der Waals surface area contributed by atoms with E-state index in [2.05, 4.69) is 20.6 Å². The maximum absolute atomic E-state index is 13.5. The summed E-state index contributed by atoms with van der Waals surface area (Å²) in [5, 5.41) is 24.9. The average molecular weight is 587 g/mol. The highest BCUT2D eigenvalue weighted by Gasteiger charge is 2.39. The van der Waals surface area contributed by atoms with Gasteiger partial charge in [-0.2, -0.15) is 0 Å². The highest BCUT2D eigenvalue weighted by molar-refractivity contribution is 5.95. The molecule has 0 saturated carbocycles. The summed E-state index contributed by atoms with van der Waals surface area (Å²) in [5.41, 5.74) is 18.1. The van der Waals surface area contributed by atoms with E-state index in [0.717, 1.165) is 10.9 Å². The van der Waals surface area contributed by atoms with Crippen LogP contribution in [0.4, 0.5) is 0 Å². The standard InChI is InChI=1S/C27H38N8O7/c28-17(6-3-11-31-27(29)30)23(38)33-19(9-10-22(36)37)25(40)35-12-4-8-21(35)24(39)34-20(26(41)42)13-15-14-32-18-7-2-1-5-16(15)18/h1-2,5,7,14,17,19-21,32H,3-4,6,8-13,28H2,(H,33,38)(H,34,39)(H,36,37)(H,41,42)(H4,29,30,31). The third-order valence-corrected chi connectivity index (χ3v) is 7.12. The fourth-order valence-corrected chi connectivity index (χ4v) is 4.95. The number of para-hydroxylation sites is 1. The first kappa shape index (κ1) is 31.9. The molecule has 15 heteroatoms. The van der Waals surface area contributed by atoms with Gasteiger partial charge in [-0.1, -0.05) is 18.2 Å². The molecule has 1 aromatic carbocycles. The highest BCUT2D eigenvalue weighted by atomic mass is 16.4. The number of aromatic nitrogens is 1. The Balaban J connectivity index is 1.68. The molecule has 228 valence electrons. The van der Waals surface area contributed by atoms with Crippen molar-refractivity contribution in [2.45, 2.75) is 69.1 Å². The summed E-state index contributed by atoms with van der Waals surface area (Å²) in [6.07, 6.45) is 2.44. The third-order valence-electron chi connectivity index (χ3n) is 7.12. The van der Waals surface area contributed by atoms with Crippen LogP contribution in [0.1, 0.15) is 44.1 Å². The molecule has 2 heterocycles. The molecule has 11 N–H and O–H groups in total. The van der Waals surface area contributed by atoms with E-state index in [9.17, 15) is 34.2 Å². The van der Waals surface area contributed by atoms with E-state index >= 15 is 0 Å². The average Bonchev–Trinajstić information content (AvgIpc) is 3.60. The van der Waals surface area contributed by atoms with E-state index in [1.165, 1.54) is 4.90 Å². The van der Waals surface area contributed by atoms with Crippen molar-refractivity contribution in [1.29, 1.82) is 0 Å². The number of guanidine groups is 1. The Bertz CT molecular complexity index is 1320. The molecule has 1 saturated heterocycles. The van der Waals surface area contributed by atoms with Gasteiger partial charge >= 0.3 is 11.9 Å². The van der Waals surface area contributed by atoms with E-state index in [-0.39, 0.29) is 44.7 Å². The van der Waals surface area contributed by atoms with Crippen LogP contribution < -0.4 is 27.8 Å². The SMILES string of the molecule is NC(N)=NCCCC(N)C(=O)NC(CCC(=O)O)C(=O)N1CCCC1C(=O)NC(Cc1c[nH]c2ccccc12)C(=O)O. The van der Waals surface area contributed by atoms with Gasteiger partial charge in [0.05, 0.1) is 6.04 Å². The molecule has 1 aromatic heterocycles. The normalized spacial score (nSPS) is 16.8. The third kappa shape index (κ3) is 8.67. The van der Waals surface area contributed by atoms with Gasteiger partial charge in [0.1, 0.15) is 18.1 Å². The molecule has 0 bridgehead atoms. The molecule has 15 nitrogen and oxygen atoms in total. The first-order valence-electron chi connectivity index (χ1n) is 13.7. The molecule has 1 fully saturated rings. The predicted molar refractivity (Wildman–Crippen MR) is 153 cm³/mol. The number of nitrogens with two attached hydrogens (primary N) is 3. The molecule has 1 aliphatic rings. The molecule has 3 rings (SSSR count). The molecule has 42 heavy (non-hydrogen) atoms. The zero-order chi connectivity index (χ0) is 30.8. The number of amides is 3. The number of carboxylic acid groups (broad SMARTS) is 2. The number of aromatic amines is 1. The van der Waals surface area contributed by atoms with Gasteiger partial charge in [-0.15, -0.1) is 0 Å². The van der Waals surface area contributed by atoms with E-state index < -0.39 is 60.2 Å². The Morgan fingerprint density at radius 1 is 1.07 bits per heavy atom. The number of fused-ring (bicyclic) bond motifs is 1. The Labute approximate surface area is 241 Å². The summed E-state index contributed by atoms with van der Waals surface area (Å²) in [7, 11) is 0. The van der Waals surface area contributed by atoms with Crippen molar-refractivity contribution in [3.8, 4) is 0 Å². The van der Waals surface area contributed by atoms with Gasteiger partial charge in [0.2, 0.25) is 17.7 Å². The maximum Gasteiger partial charge on any atom is 0.326 e. The van der Waals surface area contributed by atoms with E-state index in [0.29, 0.717) is 18.4 Å². The number of benzene rings is 1. The Morgan fingerprint density at radius 2 is 1.81 bits per heavy atom. The number of carboxylic acids is 2. The van der Waals surface area contributed by atoms with Crippen molar-refractivity contribution in [2.24, 2.45) is 22.2 Å². The number of carbonyl (C=O) groups excluding carboxylic acids is 3. The number of nitrogens with zero attached hydrogens (tertiary/aromatic N) is 2. The number of hydrogen-bond acceptors (Lipinski definition) is 7. The van der Waals surface area contributed by atoms with Gasteiger partial charge in [-0.3, -0.25) is 24.2 Å². The van der Waals surface area contributed by atoms with Crippen LogP contribution in [-0.2, 0) is 30.4 Å². The first-order valence-corrected chi connectivity index (χ1v) is 13.7. The van der Waals surface area contributed by atoms with Gasteiger partial charge < -0.3 is 47.9 Å². The molecule has 0 radical (unpaired) electrons. The molecular weight excluding hydrogens is 548 g/mol. The summed E-state index contributed by atoms with van der Waals surface area (Å²) >= 11 is 0. The number of aliphatic imine (C=N–C) groups is 1. The van der Waals surface area contributed by atoms with E-state index in [1.54, 1.807) is 6.20 Å². The molecule has 0 aliphatic carbocycles. The maximum atomic E-state index is 13.5. The largest absolute Gasteiger partial charge is 0.481 e. The number of nitrogens with one attached hydrogen (secondary N) is 3. The number of carbonyl (C=O) groups is 5. The number of aliphatic carboxylic acids is 2. The zero-order valence-corrected chi connectivity index (χ0v) is 23.1. The molecular formula is C27H38N8O7. The highest BCUT2D eigenvalue weighted by Crippen LogP contribution is 2.22. The number of likely N-dealkylation sites (tertiary alicyclic amines) is 1. The first-order chi connectivity index (χ1) is 20.0. The molecule has 1 aliphatic heterocycles. The molecule has 4 atom stereocenters. The molecule has 0 spiro atoms. The Hall–Kier alpha value is -4.66. The summed E-state index contributed by atoms with van der Waals surface area (Å²) in [4.78, 5) is 71.0. The zero-order valence-electron chi connectivity index (χ0n) is 23.1. The second-order valence-electron chi connectivity index (χ2n) is 10.2.